The van der Waals surface area contributed by atoms with Crippen LogP contribution < -0.4 is 16.6 Å². The van der Waals surface area contributed by atoms with Crippen LogP contribution in [0.2, 0.25) is 0 Å². The molecule has 2 heterocycles. The molecule has 10 heteroatoms. The molecule has 0 aliphatic heterocycles. The first kappa shape index (κ1) is 15.7. The Morgan fingerprint density at radius 2 is 1.91 bits per heavy atom. The number of nitrogens with one attached hydrogen (secondary N) is 1. The normalized spacial score (nSPS) is 11.7. The van der Waals surface area contributed by atoms with Crippen LogP contribution in [0.3, 0.4) is 0 Å². The van der Waals surface area contributed by atoms with Gasteiger partial charge in [0.1, 0.15) is 12.2 Å². The number of carbonyl (C=O) groups is 1. The molecule has 22 heavy (non-hydrogen) atoms. The Labute approximate surface area is 121 Å². The Morgan fingerprint density at radius 3 is 2.50 bits per heavy atom. The molecule has 1 amide bonds. The van der Waals surface area contributed by atoms with Crippen molar-refractivity contribution >= 4 is 16.9 Å². The summed E-state index contributed by atoms with van der Waals surface area (Å²) >= 11 is 0. The van der Waals surface area contributed by atoms with Gasteiger partial charge in [0.2, 0.25) is 0 Å². The van der Waals surface area contributed by atoms with Crippen LogP contribution in [0.15, 0.2) is 21.9 Å². The Hall–Kier alpha value is -2.65. The third-order valence-electron chi connectivity index (χ3n) is 3.00. The van der Waals surface area contributed by atoms with Crippen molar-refractivity contribution in [1.82, 2.24) is 19.4 Å². The summed E-state index contributed by atoms with van der Waals surface area (Å²) in [6.07, 6.45) is -3.53. The van der Waals surface area contributed by atoms with Gasteiger partial charge in [0.05, 0.1) is 10.9 Å². The third kappa shape index (κ3) is 2.85. The Bertz CT molecular complexity index is 867. The van der Waals surface area contributed by atoms with Crippen LogP contribution in [0.1, 0.15) is 10.4 Å². The van der Waals surface area contributed by atoms with Gasteiger partial charge >= 0.3 is 11.9 Å². The summed E-state index contributed by atoms with van der Waals surface area (Å²) < 4.78 is 38.2. The molecule has 0 unspecified atom stereocenters. The van der Waals surface area contributed by atoms with Gasteiger partial charge in [-0.3, -0.25) is 18.7 Å². The molecule has 0 saturated carbocycles. The van der Waals surface area contributed by atoms with E-state index in [9.17, 15) is 27.6 Å². The summed E-state index contributed by atoms with van der Waals surface area (Å²) in [5.74, 6) is -1.01. The molecular formula is C12H11F3N4O3. The standard InChI is InChI=1S/C12H11F3N4O3/c1-18-8-7(10(21)19(2)11(18)22)3-6(4-16-8)9(20)17-5-12(13,14)15/h3-4H,5H2,1-2H3,(H,17,20). The summed E-state index contributed by atoms with van der Waals surface area (Å²) in [6, 6.07) is 1.11. The van der Waals surface area contributed by atoms with Crippen molar-refractivity contribution in [2.24, 2.45) is 14.1 Å². The quantitative estimate of drug-likeness (QED) is 0.840. The summed E-state index contributed by atoms with van der Waals surface area (Å²) in [4.78, 5) is 39.2. The molecule has 0 radical (unpaired) electrons. The first-order valence-corrected chi connectivity index (χ1v) is 6.02. The topological polar surface area (TPSA) is 86.0 Å². The number of halogens is 3. The number of aromatic nitrogens is 3. The van der Waals surface area contributed by atoms with Gasteiger partial charge in [-0.1, -0.05) is 0 Å². The second kappa shape index (κ2) is 5.28. The maximum Gasteiger partial charge on any atom is 0.405 e. The highest BCUT2D eigenvalue weighted by Gasteiger charge is 2.28. The highest BCUT2D eigenvalue weighted by Crippen LogP contribution is 2.13. The second-order valence-corrected chi connectivity index (χ2v) is 4.60. The van der Waals surface area contributed by atoms with Crippen molar-refractivity contribution in [3.8, 4) is 0 Å². The van der Waals surface area contributed by atoms with Crippen LogP contribution in [0, 0.1) is 0 Å². The van der Waals surface area contributed by atoms with Gasteiger partial charge < -0.3 is 5.32 Å². The molecule has 2 aromatic rings. The molecule has 0 fully saturated rings. The van der Waals surface area contributed by atoms with Gasteiger partial charge in [0.15, 0.2) is 0 Å². The van der Waals surface area contributed by atoms with E-state index in [0.29, 0.717) is 0 Å². The van der Waals surface area contributed by atoms with Crippen LogP contribution in [-0.2, 0) is 14.1 Å². The minimum Gasteiger partial charge on any atom is -0.343 e. The lowest BCUT2D eigenvalue weighted by molar-refractivity contribution is -0.123. The predicted molar refractivity (Wildman–Crippen MR) is 70.6 cm³/mol. The molecule has 0 aliphatic carbocycles. The Balaban J connectivity index is 2.50. The van der Waals surface area contributed by atoms with Gasteiger partial charge in [-0.2, -0.15) is 13.2 Å². The molecule has 118 valence electrons. The van der Waals surface area contributed by atoms with Crippen molar-refractivity contribution in [2.75, 3.05) is 6.54 Å². The molecule has 7 nitrogen and oxygen atoms in total. The summed E-state index contributed by atoms with van der Waals surface area (Å²) in [6.45, 7) is -1.49. The van der Waals surface area contributed by atoms with E-state index in [1.54, 1.807) is 5.32 Å². The number of hydrogen-bond acceptors (Lipinski definition) is 4. The maximum atomic E-state index is 12.1. The number of pyridine rings is 1. The van der Waals surface area contributed by atoms with Crippen molar-refractivity contribution in [3.05, 3.63) is 38.7 Å². The maximum absolute atomic E-state index is 12.1. The SMILES string of the molecule is Cn1c(=O)c2cc(C(=O)NCC(F)(F)F)cnc2n(C)c1=O. The number of alkyl halides is 3. The average molecular weight is 316 g/mol. The molecule has 0 bridgehead atoms. The van der Waals surface area contributed by atoms with E-state index in [1.165, 1.54) is 14.1 Å². The highest BCUT2D eigenvalue weighted by molar-refractivity contribution is 5.96. The first-order chi connectivity index (χ1) is 10.1. The highest BCUT2D eigenvalue weighted by atomic mass is 19.4. The van der Waals surface area contributed by atoms with Crippen molar-refractivity contribution in [2.45, 2.75) is 6.18 Å². The average Bonchev–Trinajstić information content (AvgIpc) is 2.47. The third-order valence-corrected chi connectivity index (χ3v) is 3.00. The van der Waals surface area contributed by atoms with Gasteiger partial charge in [0, 0.05) is 20.3 Å². The molecule has 2 aromatic heterocycles. The van der Waals surface area contributed by atoms with E-state index < -0.39 is 29.9 Å². The molecule has 0 atom stereocenters. The van der Waals surface area contributed by atoms with Crippen molar-refractivity contribution in [1.29, 1.82) is 0 Å². The zero-order chi connectivity index (χ0) is 16.7. The molecular weight excluding hydrogens is 305 g/mol. The fourth-order valence-electron chi connectivity index (χ4n) is 1.87. The van der Waals surface area contributed by atoms with E-state index in [0.717, 1.165) is 21.4 Å². The molecule has 0 saturated heterocycles. The zero-order valence-corrected chi connectivity index (χ0v) is 11.6. The fraction of sp³-hybridized carbons (Fsp3) is 0.333. The number of hydrogen-bond donors (Lipinski definition) is 1. The lowest BCUT2D eigenvalue weighted by atomic mass is 10.2. The van der Waals surface area contributed by atoms with Gasteiger partial charge in [-0.05, 0) is 6.07 Å². The van der Waals surface area contributed by atoms with Crippen LogP contribution in [0.25, 0.3) is 11.0 Å². The Morgan fingerprint density at radius 1 is 1.27 bits per heavy atom. The molecule has 0 spiro atoms. The van der Waals surface area contributed by atoms with E-state index in [1.807, 2.05) is 0 Å². The van der Waals surface area contributed by atoms with E-state index >= 15 is 0 Å². The van der Waals surface area contributed by atoms with E-state index in [4.69, 9.17) is 0 Å². The van der Waals surface area contributed by atoms with Crippen molar-refractivity contribution < 1.29 is 18.0 Å². The zero-order valence-electron chi connectivity index (χ0n) is 11.6. The molecule has 1 N–H and O–H groups in total. The number of fused-ring (bicyclic) bond motifs is 1. The van der Waals surface area contributed by atoms with E-state index in [-0.39, 0.29) is 16.6 Å². The number of aryl methyl sites for hydroxylation is 1. The predicted octanol–water partition coefficient (Wildman–Crippen LogP) is -0.0757. The van der Waals surface area contributed by atoms with Gasteiger partial charge in [-0.25, -0.2) is 9.78 Å². The molecule has 0 aliphatic rings. The minimum absolute atomic E-state index is 0.0377. The number of rotatable bonds is 2. The monoisotopic (exact) mass is 316 g/mol. The second-order valence-electron chi connectivity index (χ2n) is 4.60. The summed E-state index contributed by atoms with van der Waals surface area (Å²) in [5.41, 5.74) is -1.44. The Kier molecular flexibility index (Phi) is 3.77. The number of amides is 1. The largest absolute Gasteiger partial charge is 0.405 e. The fourth-order valence-corrected chi connectivity index (χ4v) is 1.87. The van der Waals surface area contributed by atoms with Gasteiger partial charge in [0.25, 0.3) is 11.5 Å². The summed E-state index contributed by atoms with van der Waals surface area (Å²) in [5, 5.41) is 1.64. The minimum atomic E-state index is -4.54. The van der Waals surface area contributed by atoms with Crippen LogP contribution >= 0.6 is 0 Å². The number of carbonyl (C=O) groups excluding carboxylic acids is 1. The van der Waals surface area contributed by atoms with Crippen molar-refractivity contribution in [3.63, 3.8) is 0 Å². The van der Waals surface area contributed by atoms with Crippen LogP contribution in [0.4, 0.5) is 13.2 Å². The number of nitrogens with zero attached hydrogens (tertiary/aromatic N) is 3. The smallest absolute Gasteiger partial charge is 0.343 e. The molecule has 2 rings (SSSR count). The lowest BCUT2D eigenvalue weighted by Crippen LogP contribution is -2.38. The van der Waals surface area contributed by atoms with Crippen LogP contribution in [-0.4, -0.2) is 32.7 Å². The first-order valence-electron chi connectivity index (χ1n) is 6.02. The molecule has 0 aromatic carbocycles. The summed E-state index contributed by atoms with van der Waals surface area (Å²) in [7, 11) is 2.64. The lowest BCUT2D eigenvalue weighted by Gasteiger charge is -2.10. The van der Waals surface area contributed by atoms with Crippen LogP contribution in [0.5, 0.6) is 0 Å². The van der Waals surface area contributed by atoms with Gasteiger partial charge in [-0.15, -0.1) is 0 Å². The van der Waals surface area contributed by atoms with E-state index in [2.05, 4.69) is 4.98 Å².